The molecule has 10 heteroatoms. The monoisotopic (exact) mass is 462 g/mol. The maximum absolute atomic E-state index is 13.2. The first-order valence-corrected chi connectivity index (χ1v) is 12.7. The molecule has 0 radical (unpaired) electrons. The van der Waals surface area contributed by atoms with E-state index in [2.05, 4.69) is 0 Å². The van der Waals surface area contributed by atoms with Gasteiger partial charge in [-0.05, 0) is 50.8 Å². The Morgan fingerprint density at radius 3 is 2.44 bits per heavy atom. The molecule has 2 fully saturated rings. The van der Waals surface area contributed by atoms with Gasteiger partial charge < -0.3 is 4.90 Å². The third-order valence-electron chi connectivity index (χ3n) is 6.68. The number of carbonyl (C=O) groups excluding carboxylic acids is 1. The maximum atomic E-state index is 13.2. The van der Waals surface area contributed by atoms with Crippen LogP contribution in [-0.4, -0.2) is 58.3 Å². The first-order chi connectivity index (χ1) is 15.2. The molecule has 0 unspecified atom stereocenters. The van der Waals surface area contributed by atoms with Gasteiger partial charge in [0.2, 0.25) is 15.9 Å². The third kappa shape index (κ3) is 4.01. The lowest BCUT2D eigenvalue weighted by atomic mass is 10.1. The fourth-order valence-corrected chi connectivity index (χ4v) is 6.48. The Bertz CT molecular complexity index is 1260. The molecule has 174 valence electrons. The van der Waals surface area contributed by atoms with Crippen molar-refractivity contribution in [1.29, 1.82) is 0 Å². The minimum Gasteiger partial charge on any atom is -0.343 e. The Labute approximate surface area is 187 Å². The highest BCUT2D eigenvalue weighted by Crippen LogP contribution is 2.26. The molecule has 1 aromatic heterocycles. The molecule has 0 spiro atoms. The van der Waals surface area contributed by atoms with E-state index in [4.69, 9.17) is 0 Å². The van der Waals surface area contributed by atoms with Crippen LogP contribution in [0.5, 0.6) is 0 Å². The first-order valence-electron chi connectivity index (χ1n) is 11.2. The number of likely N-dealkylation sites (tertiary alicyclic amines) is 1. The molecule has 0 saturated carbocycles. The Balaban J connectivity index is 1.71. The van der Waals surface area contributed by atoms with Gasteiger partial charge in [-0.2, -0.15) is 4.31 Å². The number of rotatable bonds is 5. The SMILES string of the molecule is C[C@@H]1CCCCN1S(=O)(=O)c1ccc2c(c1)c(=O)n(CCC(=O)N1CCCC1)c(=O)n2C. The number of hydrogen-bond acceptors (Lipinski definition) is 5. The van der Waals surface area contributed by atoms with Crippen LogP contribution in [0.2, 0.25) is 0 Å². The first kappa shape index (κ1) is 22.7. The smallest absolute Gasteiger partial charge is 0.331 e. The van der Waals surface area contributed by atoms with Crippen LogP contribution in [0.4, 0.5) is 0 Å². The summed E-state index contributed by atoms with van der Waals surface area (Å²) in [7, 11) is -2.21. The number of aryl methyl sites for hydroxylation is 1. The average molecular weight is 463 g/mol. The van der Waals surface area contributed by atoms with Gasteiger partial charge in [-0.1, -0.05) is 6.42 Å². The number of benzene rings is 1. The third-order valence-corrected chi connectivity index (χ3v) is 8.69. The Kier molecular flexibility index (Phi) is 6.26. The van der Waals surface area contributed by atoms with E-state index in [0.29, 0.717) is 25.2 Å². The maximum Gasteiger partial charge on any atom is 0.331 e. The van der Waals surface area contributed by atoms with Gasteiger partial charge in [0.25, 0.3) is 5.56 Å². The van der Waals surface area contributed by atoms with E-state index < -0.39 is 21.3 Å². The molecule has 0 bridgehead atoms. The lowest BCUT2D eigenvalue weighted by Crippen LogP contribution is -2.42. The van der Waals surface area contributed by atoms with Crippen molar-refractivity contribution >= 4 is 26.8 Å². The zero-order chi connectivity index (χ0) is 23.0. The van der Waals surface area contributed by atoms with Gasteiger partial charge >= 0.3 is 5.69 Å². The number of fused-ring (bicyclic) bond motifs is 1. The van der Waals surface area contributed by atoms with Crippen molar-refractivity contribution in [2.24, 2.45) is 7.05 Å². The summed E-state index contributed by atoms with van der Waals surface area (Å²) in [5, 5.41) is 0.159. The largest absolute Gasteiger partial charge is 0.343 e. The zero-order valence-electron chi connectivity index (χ0n) is 18.6. The van der Waals surface area contributed by atoms with Gasteiger partial charge in [0.1, 0.15) is 0 Å². The number of aromatic nitrogens is 2. The molecule has 0 aliphatic carbocycles. The molecule has 2 aromatic rings. The van der Waals surface area contributed by atoms with Crippen LogP contribution >= 0.6 is 0 Å². The van der Waals surface area contributed by atoms with E-state index in [1.165, 1.54) is 27.1 Å². The van der Waals surface area contributed by atoms with Gasteiger partial charge in [-0.15, -0.1) is 0 Å². The van der Waals surface area contributed by atoms with Crippen LogP contribution in [0.1, 0.15) is 45.4 Å². The van der Waals surface area contributed by atoms with Crippen LogP contribution < -0.4 is 11.2 Å². The van der Waals surface area contributed by atoms with Crippen molar-refractivity contribution in [3.63, 3.8) is 0 Å². The molecular weight excluding hydrogens is 432 g/mol. The lowest BCUT2D eigenvalue weighted by Gasteiger charge is -2.32. The summed E-state index contributed by atoms with van der Waals surface area (Å²) in [6.45, 7) is 3.74. The summed E-state index contributed by atoms with van der Waals surface area (Å²) in [5.74, 6) is -0.0769. The van der Waals surface area contributed by atoms with Gasteiger partial charge in [-0.25, -0.2) is 13.2 Å². The van der Waals surface area contributed by atoms with Crippen LogP contribution in [0.15, 0.2) is 32.7 Å². The normalized spacial score (nSPS) is 20.2. The van der Waals surface area contributed by atoms with Crippen molar-refractivity contribution in [3.8, 4) is 0 Å². The molecule has 1 amide bonds. The standard InChI is InChI=1S/C22H30N4O5S/c1-16-7-3-4-13-26(16)32(30,31)17-8-9-19-18(15-17)21(28)25(22(29)23(19)2)14-10-20(27)24-11-5-6-12-24/h8-9,15-16H,3-7,10-14H2,1-2H3/t16-/m1/s1. The van der Waals surface area contributed by atoms with Gasteiger partial charge in [0.15, 0.2) is 0 Å². The Morgan fingerprint density at radius 1 is 1.06 bits per heavy atom. The summed E-state index contributed by atoms with van der Waals surface area (Å²) >= 11 is 0. The number of sulfonamides is 1. The summed E-state index contributed by atoms with van der Waals surface area (Å²) in [6.07, 6.45) is 4.60. The predicted octanol–water partition coefficient (Wildman–Crippen LogP) is 1.28. The van der Waals surface area contributed by atoms with Crippen LogP contribution in [0, 0.1) is 0 Å². The molecule has 0 N–H and O–H groups in total. The van der Waals surface area contributed by atoms with Crippen LogP contribution in [0.3, 0.4) is 0 Å². The second-order valence-electron chi connectivity index (χ2n) is 8.78. The number of amides is 1. The number of piperidine rings is 1. The fourth-order valence-electron chi connectivity index (χ4n) is 4.75. The minimum atomic E-state index is -3.76. The molecule has 2 saturated heterocycles. The molecule has 4 rings (SSSR count). The zero-order valence-corrected chi connectivity index (χ0v) is 19.4. The molecule has 2 aliphatic rings. The highest BCUT2D eigenvalue weighted by Gasteiger charge is 2.31. The highest BCUT2D eigenvalue weighted by molar-refractivity contribution is 7.89. The molecule has 1 atom stereocenters. The quantitative estimate of drug-likeness (QED) is 0.666. The number of hydrogen-bond donors (Lipinski definition) is 0. The number of nitrogens with zero attached hydrogens (tertiary/aromatic N) is 4. The van der Waals surface area contributed by atoms with Gasteiger partial charge in [0, 0.05) is 45.7 Å². The van der Waals surface area contributed by atoms with E-state index in [9.17, 15) is 22.8 Å². The van der Waals surface area contributed by atoms with E-state index >= 15 is 0 Å². The summed E-state index contributed by atoms with van der Waals surface area (Å²) in [6, 6.07) is 4.24. The van der Waals surface area contributed by atoms with Gasteiger partial charge in [-0.3, -0.25) is 18.7 Å². The van der Waals surface area contributed by atoms with Crippen LogP contribution in [0.25, 0.3) is 10.9 Å². The summed E-state index contributed by atoms with van der Waals surface area (Å²) in [5.41, 5.74) is -0.717. The van der Waals surface area contributed by atoms with E-state index in [1.807, 2.05) is 6.92 Å². The summed E-state index contributed by atoms with van der Waals surface area (Å²) < 4.78 is 30.4. The predicted molar refractivity (Wildman–Crippen MR) is 121 cm³/mol. The fraction of sp³-hybridized carbons (Fsp3) is 0.591. The van der Waals surface area contributed by atoms with E-state index in [0.717, 1.165) is 36.7 Å². The summed E-state index contributed by atoms with van der Waals surface area (Å²) in [4.78, 5) is 40.2. The Hall–Kier alpha value is -2.46. The second kappa shape index (κ2) is 8.82. The van der Waals surface area contributed by atoms with Crippen molar-refractivity contribution < 1.29 is 13.2 Å². The minimum absolute atomic E-state index is 0.0308. The van der Waals surface area contributed by atoms with E-state index in [1.54, 1.807) is 11.9 Å². The lowest BCUT2D eigenvalue weighted by molar-refractivity contribution is -0.130. The van der Waals surface area contributed by atoms with Crippen LogP contribution in [-0.2, 0) is 28.4 Å². The van der Waals surface area contributed by atoms with Gasteiger partial charge in [0.05, 0.1) is 15.8 Å². The topological polar surface area (TPSA) is 102 Å². The highest BCUT2D eigenvalue weighted by atomic mass is 32.2. The average Bonchev–Trinajstić information content (AvgIpc) is 3.32. The van der Waals surface area contributed by atoms with Crippen molar-refractivity contribution in [2.45, 2.75) is 62.9 Å². The Morgan fingerprint density at radius 2 is 1.75 bits per heavy atom. The van der Waals surface area contributed by atoms with E-state index in [-0.39, 0.29) is 35.2 Å². The molecule has 32 heavy (non-hydrogen) atoms. The molecule has 1 aromatic carbocycles. The van der Waals surface area contributed by atoms with Crippen molar-refractivity contribution in [1.82, 2.24) is 18.3 Å². The molecule has 3 heterocycles. The number of carbonyl (C=O) groups is 1. The second-order valence-corrected chi connectivity index (χ2v) is 10.7. The van der Waals surface area contributed by atoms with Crippen molar-refractivity contribution in [2.75, 3.05) is 19.6 Å². The molecule has 9 nitrogen and oxygen atoms in total. The molecular formula is C22H30N4O5S. The molecule has 2 aliphatic heterocycles. The van der Waals surface area contributed by atoms with Crippen molar-refractivity contribution in [3.05, 3.63) is 39.0 Å².